The van der Waals surface area contributed by atoms with Crippen molar-refractivity contribution < 1.29 is 34.1 Å². The summed E-state index contributed by atoms with van der Waals surface area (Å²) < 4.78 is 66.5. The third-order valence-corrected chi connectivity index (χ3v) is 15.0. The second-order valence-electron chi connectivity index (χ2n) is 16.5. The van der Waals surface area contributed by atoms with Crippen molar-refractivity contribution in [3.63, 3.8) is 0 Å². The molecule has 0 aliphatic carbocycles. The Morgan fingerprint density at radius 2 is 1.52 bits per heavy atom. The summed E-state index contributed by atoms with van der Waals surface area (Å²) in [4.78, 5) is 14.3. The number of benzene rings is 5. The minimum absolute atomic E-state index is 0. The molecule has 0 atom stereocenters. The minimum Gasteiger partial charge on any atom is 0 e. The summed E-state index contributed by atoms with van der Waals surface area (Å²) in [5.74, 6) is 5.49. The van der Waals surface area contributed by atoms with Crippen molar-refractivity contribution in [2.24, 2.45) is 0 Å². The van der Waals surface area contributed by atoms with E-state index in [2.05, 4.69) is 76.2 Å². The molecule has 0 aliphatic rings. The molecule has 0 unspecified atom stereocenters. The number of aromatic nitrogens is 4. The first-order valence-electron chi connectivity index (χ1n) is 23.4. The summed E-state index contributed by atoms with van der Waals surface area (Å²) in [5.41, 5.74) is 10.9. The van der Waals surface area contributed by atoms with Gasteiger partial charge in [0.2, 0.25) is 5.71 Å². The number of imidazole rings is 1. The topological polar surface area (TPSA) is 56.7 Å². The zero-order chi connectivity index (χ0) is 47.7. The van der Waals surface area contributed by atoms with Crippen molar-refractivity contribution in [2.45, 2.75) is 77.5 Å². The third-order valence-electron chi connectivity index (χ3n) is 10.8. The SMILES string of the molecule is [2H]C(C)(C)c1cc(-c2ccccc2)cc(C([2H])(C)C)c1-n1c(-c2[c-]ccc3c2oc2nc(C)c(C)cc23)nc2ccccc21.[2H]c1[c-]c(-c2cc[c]([Ge]([CH3])([CH3])[CH3])cn2)cc([2H])c1C([2H])([2H])[2H].[Ir]. The maximum Gasteiger partial charge on any atom is 0 e. The molecule has 4 aromatic heterocycles. The van der Waals surface area contributed by atoms with Gasteiger partial charge in [-0.3, -0.25) is 4.98 Å². The Kier molecular flexibility index (Phi) is 10.1. The van der Waals surface area contributed by atoms with Gasteiger partial charge >= 0.3 is 113 Å². The van der Waals surface area contributed by atoms with Crippen LogP contribution >= 0.6 is 0 Å². The van der Waals surface area contributed by atoms with E-state index in [1.165, 1.54) is 10.5 Å². The summed E-state index contributed by atoms with van der Waals surface area (Å²) in [7, 11) is 0. The molecule has 1 radical (unpaired) electrons. The Bertz CT molecular complexity index is 3230. The number of rotatable bonds is 7. The van der Waals surface area contributed by atoms with Crippen molar-refractivity contribution in [1.82, 2.24) is 19.5 Å². The zero-order valence-corrected chi connectivity index (χ0v) is 39.9. The maximum absolute atomic E-state index is 9.37. The summed E-state index contributed by atoms with van der Waals surface area (Å²) in [6, 6.07) is 39.5. The van der Waals surface area contributed by atoms with Gasteiger partial charge in [-0.05, 0) is 83.8 Å². The maximum atomic E-state index is 9.37. The molecule has 5 nitrogen and oxygen atoms in total. The van der Waals surface area contributed by atoms with E-state index in [1.807, 2.05) is 108 Å². The van der Waals surface area contributed by atoms with Gasteiger partial charge < -0.3 is 8.98 Å². The molecular weight excluding hydrogens is 973 g/mol. The quantitative estimate of drug-likeness (QED) is 0.118. The van der Waals surface area contributed by atoms with E-state index >= 15 is 0 Å². The van der Waals surface area contributed by atoms with Crippen LogP contribution in [0.2, 0.25) is 17.3 Å². The molecule has 0 amide bonds. The zero-order valence-electron chi connectivity index (χ0n) is 42.4. The predicted octanol–water partition coefficient (Wildman–Crippen LogP) is 13.7. The van der Waals surface area contributed by atoms with Crippen molar-refractivity contribution in [3.8, 4) is 39.5 Å². The minimum atomic E-state index is -2.47. The van der Waals surface area contributed by atoms with Crippen molar-refractivity contribution in [1.29, 1.82) is 0 Å². The van der Waals surface area contributed by atoms with E-state index in [0.717, 1.165) is 61.0 Å². The molecule has 0 bridgehead atoms. The van der Waals surface area contributed by atoms with Gasteiger partial charge in [-0.2, -0.15) is 0 Å². The second kappa shape index (κ2) is 17.5. The van der Waals surface area contributed by atoms with Crippen LogP contribution in [0.25, 0.3) is 72.6 Å². The van der Waals surface area contributed by atoms with Gasteiger partial charge in [0.05, 0.1) is 22.4 Å². The number of hydrogen-bond donors (Lipinski definition) is 0. The summed E-state index contributed by atoms with van der Waals surface area (Å²) in [6.07, 6.45) is 1.84. The van der Waals surface area contributed by atoms with Gasteiger partial charge in [-0.15, -0.1) is 18.2 Å². The van der Waals surface area contributed by atoms with Crippen LogP contribution in [0.3, 0.4) is 0 Å². The molecule has 0 spiro atoms. The van der Waals surface area contributed by atoms with Crippen LogP contribution in [0.15, 0.2) is 126 Å². The molecule has 60 heavy (non-hydrogen) atoms. The number of nitrogens with zero attached hydrogens (tertiary/aromatic N) is 4. The summed E-state index contributed by atoms with van der Waals surface area (Å²) in [5, 5.41) is 1.90. The summed E-state index contributed by atoms with van der Waals surface area (Å²) >= 11 is -1.93. The van der Waals surface area contributed by atoms with Crippen LogP contribution in [-0.2, 0) is 20.1 Å². The van der Waals surface area contributed by atoms with E-state index in [1.54, 1.807) is 0 Å². The number of aryl methyl sites for hydroxylation is 2. The average molecular weight is 1030 g/mol. The van der Waals surface area contributed by atoms with Gasteiger partial charge in [-0.25, -0.2) is 4.98 Å². The first kappa shape index (κ1) is 34.6. The van der Waals surface area contributed by atoms with Crippen molar-refractivity contribution >= 4 is 50.8 Å². The summed E-state index contributed by atoms with van der Waals surface area (Å²) in [6.45, 7) is 9.20. The van der Waals surface area contributed by atoms with Crippen LogP contribution < -0.4 is 4.40 Å². The molecule has 305 valence electrons. The van der Waals surface area contributed by atoms with Crippen LogP contribution in [-0.4, -0.2) is 32.8 Å². The fraction of sp³-hybridized carbons (Fsp3) is 0.226. The number of para-hydroxylation sites is 2. The van der Waals surface area contributed by atoms with E-state index in [0.29, 0.717) is 33.9 Å². The number of furan rings is 1. The fourth-order valence-electron chi connectivity index (χ4n) is 7.36. The third kappa shape index (κ3) is 8.43. The van der Waals surface area contributed by atoms with E-state index in [-0.39, 0.29) is 37.8 Å². The predicted molar refractivity (Wildman–Crippen MR) is 250 cm³/mol. The Hall–Kier alpha value is -5.14. The molecular formula is C53H52GeIrN4O-2. The molecule has 5 aromatic carbocycles. The fourth-order valence-corrected chi connectivity index (χ4v) is 9.53. The smallest absolute Gasteiger partial charge is 0 e. The number of pyridine rings is 2. The largest absolute Gasteiger partial charge is 0 e. The molecule has 0 aliphatic heterocycles. The van der Waals surface area contributed by atoms with Gasteiger partial charge in [0.25, 0.3) is 0 Å². The van der Waals surface area contributed by atoms with Crippen LogP contribution in [0.4, 0.5) is 0 Å². The number of fused-ring (bicyclic) bond motifs is 4. The number of hydrogen-bond acceptors (Lipinski definition) is 4. The van der Waals surface area contributed by atoms with Crippen molar-refractivity contribution in [3.05, 3.63) is 161 Å². The molecule has 9 rings (SSSR count). The van der Waals surface area contributed by atoms with Gasteiger partial charge in [0.15, 0.2) is 0 Å². The monoisotopic (exact) mass is 1030 g/mol. The van der Waals surface area contributed by atoms with E-state index in [9.17, 15) is 2.74 Å². The Morgan fingerprint density at radius 3 is 2.17 bits per heavy atom. The second-order valence-corrected chi connectivity index (χ2v) is 27.1. The molecule has 0 fully saturated rings. The first-order chi connectivity index (χ1) is 30.9. The molecule has 9 aromatic rings. The Labute approximate surface area is 380 Å². The van der Waals surface area contributed by atoms with E-state index in [4.69, 9.17) is 21.2 Å². The normalized spacial score (nSPS) is 13.9. The molecule has 0 saturated carbocycles. The van der Waals surface area contributed by atoms with Crippen molar-refractivity contribution in [2.75, 3.05) is 0 Å². The average Bonchev–Trinajstić information content (AvgIpc) is 3.80. The van der Waals surface area contributed by atoms with E-state index < -0.39 is 31.9 Å². The van der Waals surface area contributed by atoms with Gasteiger partial charge in [0.1, 0.15) is 0 Å². The standard InChI is InChI=1S/C38H34N3O.C15H18GeN.Ir/c1-22(2)30-20-27(26-13-8-7-9-14-26)21-31(23(3)4)35(30)41-34-18-11-10-17-33(34)40-37(41)29-16-12-15-28-32-19-24(5)25(6)39-38(32)42-36(28)29;1-12-5-7-13(8-6-12)15-10-9-14(11-17-15)16(2,3)4;/h7-15,17-23H,1-6H3;5-7,9-11H,1-4H3;/q2*-1;/i22D,23D;1D3,5D,6D;. The van der Waals surface area contributed by atoms with Crippen LogP contribution in [0.1, 0.15) is 77.0 Å². The molecule has 7 heteroatoms. The Morgan fingerprint density at radius 1 is 0.800 bits per heavy atom. The first-order valence-corrected chi connectivity index (χ1v) is 27.2. The van der Waals surface area contributed by atoms with Gasteiger partial charge in [0, 0.05) is 39.6 Å². The Balaban J connectivity index is 0.000000245. The van der Waals surface area contributed by atoms with Gasteiger partial charge in [-0.1, -0.05) is 81.1 Å². The van der Waals surface area contributed by atoms with Crippen LogP contribution in [0.5, 0.6) is 0 Å². The van der Waals surface area contributed by atoms with Crippen LogP contribution in [0, 0.1) is 32.8 Å². The molecule has 0 N–H and O–H groups in total. The molecule has 4 heterocycles. The molecule has 0 saturated heterocycles.